The normalized spacial score (nSPS) is 11.9. The van der Waals surface area contributed by atoms with Gasteiger partial charge in [-0.05, 0) is 50.0 Å². The van der Waals surface area contributed by atoms with Gasteiger partial charge in [-0.2, -0.15) is 0 Å². The lowest BCUT2D eigenvalue weighted by Gasteiger charge is -2.25. The fourth-order valence-corrected chi connectivity index (χ4v) is 2.67. The molecule has 0 heterocycles. The van der Waals surface area contributed by atoms with E-state index in [1.54, 1.807) is 7.11 Å². The maximum absolute atomic E-state index is 13.0. The minimum atomic E-state index is -0.459. The number of halogens is 2. The van der Waals surface area contributed by atoms with Crippen molar-refractivity contribution in [1.82, 2.24) is 10.2 Å². The third-order valence-electron chi connectivity index (χ3n) is 3.85. The van der Waals surface area contributed by atoms with Gasteiger partial charge in [0.2, 0.25) is 0 Å². The molecule has 2 aromatic carbocycles. The van der Waals surface area contributed by atoms with Crippen LogP contribution in [0, 0.1) is 5.82 Å². The van der Waals surface area contributed by atoms with Crippen molar-refractivity contribution in [1.29, 1.82) is 0 Å². The first-order valence-electron chi connectivity index (χ1n) is 8.05. The predicted molar refractivity (Wildman–Crippen MR) is 99.3 cm³/mol. The number of carbonyl (C=O) groups is 1. The van der Waals surface area contributed by atoms with Crippen molar-refractivity contribution in [3.63, 3.8) is 0 Å². The van der Waals surface area contributed by atoms with Crippen molar-refractivity contribution in [3.8, 4) is 11.5 Å². The average molecular weight is 381 g/mol. The van der Waals surface area contributed by atoms with E-state index in [1.165, 1.54) is 12.1 Å². The summed E-state index contributed by atoms with van der Waals surface area (Å²) in [5.41, 5.74) is 1.03. The van der Waals surface area contributed by atoms with E-state index < -0.39 is 5.82 Å². The molecule has 2 aromatic rings. The van der Waals surface area contributed by atoms with Crippen LogP contribution in [0.25, 0.3) is 0 Å². The number of hydrogen-bond acceptors (Lipinski definition) is 4. The monoisotopic (exact) mass is 380 g/mol. The lowest BCUT2D eigenvalue weighted by atomic mass is 10.1. The van der Waals surface area contributed by atoms with E-state index in [0.29, 0.717) is 6.54 Å². The Labute approximate surface area is 157 Å². The standard InChI is InChI=1S/C19H22ClFN2O3/c1-23(2)17(13-5-4-6-15(9-13)25-3)11-22-19(24)12-26-18-8-7-14(21)10-16(18)20/h4-10,17H,11-12H2,1-3H3,(H,22,24). The summed E-state index contributed by atoms with van der Waals surface area (Å²) in [6.45, 7) is 0.198. The number of rotatable bonds is 8. The van der Waals surface area contributed by atoms with Crippen molar-refractivity contribution in [2.24, 2.45) is 0 Å². The largest absolute Gasteiger partial charge is 0.497 e. The van der Waals surface area contributed by atoms with Crippen molar-refractivity contribution in [2.75, 3.05) is 34.4 Å². The number of likely N-dealkylation sites (N-methyl/N-ethyl adjacent to an activating group) is 1. The van der Waals surface area contributed by atoms with E-state index in [4.69, 9.17) is 21.1 Å². The number of amides is 1. The van der Waals surface area contributed by atoms with Gasteiger partial charge in [0, 0.05) is 6.54 Å². The highest BCUT2D eigenvalue weighted by Gasteiger charge is 2.16. The molecule has 0 bridgehead atoms. The first kappa shape index (κ1) is 20.0. The Morgan fingerprint density at radius 2 is 2.04 bits per heavy atom. The Morgan fingerprint density at radius 1 is 1.27 bits per heavy atom. The lowest BCUT2D eigenvalue weighted by Crippen LogP contribution is -2.36. The molecule has 0 spiro atoms. The summed E-state index contributed by atoms with van der Waals surface area (Å²) in [4.78, 5) is 14.1. The molecular formula is C19H22ClFN2O3. The summed E-state index contributed by atoms with van der Waals surface area (Å²) in [5.74, 6) is 0.272. The lowest BCUT2D eigenvalue weighted by molar-refractivity contribution is -0.123. The van der Waals surface area contributed by atoms with E-state index in [-0.39, 0.29) is 29.3 Å². The SMILES string of the molecule is COc1cccc(C(CNC(=O)COc2ccc(F)cc2Cl)N(C)C)c1. The summed E-state index contributed by atoms with van der Waals surface area (Å²) in [6.07, 6.45) is 0. The smallest absolute Gasteiger partial charge is 0.258 e. The number of carbonyl (C=O) groups excluding carboxylic acids is 1. The van der Waals surface area contributed by atoms with Crippen LogP contribution in [0.3, 0.4) is 0 Å². The van der Waals surface area contributed by atoms with Crippen LogP contribution in [0.1, 0.15) is 11.6 Å². The summed E-state index contributed by atoms with van der Waals surface area (Å²) in [6, 6.07) is 11.4. The molecule has 0 radical (unpaired) electrons. The van der Waals surface area contributed by atoms with Crippen molar-refractivity contribution >= 4 is 17.5 Å². The van der Waals surface area contributed by atoms with E-state index in [0.717, 1.165) is 17.4 Å². The Kier molecular flexibility index (Phi) is 7.24. The zero-order valence-electron chi connectivity index (χ0n) is 15.0. The third kappa shape index (κ3) is 5.61. The van der Waals surface area contributed by atoms with Gasteiger partial charge >= 0.3 is 0 Å². The zero-order chi connectivity index (χ0) is 19.1. The second-order valence-corrected chi connectivity index (χ2v) is 6.33. The van der Waals surface area contributed by atoms with Gasteiger partial charge in [0.05, 0.1) is 18.2 Å². The second-order valence-electron chi connectivity index (χ2n) is 5.92. The maximum atomic E-state index is 13.0. The van der Waals surface area contributed by atoms with E-state index in [2.05, 4.69) is 5.32 Å². The van der Waals surface area contributed by atoms with Gasteiger partial charge in [0.15, 0.2) is 6.61 Å². The maximum Gasteiger partial charge on any atom is 0.258 e. The number of nitrogens with one attached hydrogen (secondary N) is 1. The Bertz CT molecular complexity index is 755. The van der Waals surface area contributed by atoms with Gasteiger partial charge in [0.25, 0.3) is 5.91 Å². The zero-order valence-corrected chi connectivity index (χ0v) is 15.7. The molecule has 0 aliphatic rings. The van der Waals surface area contributed by atoms with Crippen LogP contribution < -0.4 is 14.8 Å². The molecule has 0 saturated carbocycles. The van der Waals surface area contributed by atoms with Crippen molar-refractivity contribution in [3.05, 3.63) is 58.9 Å². The molecule has 5 nitrogen and oxygen atoms in total. The summed E-state index contributed by atoms with van der Waals surface area (Å²) in [7, 11) is 5.49. The third-order valence-corrected chi connectivity index (χ3v) is 4.14. The fourth-order valence-electron chi connectivity index (χ4n) is 2.44. The first-order valence-corrected chi connectivity index (χ1v) is 8.43. The van der Waals surface area contributed by atoms with Gasteiger partial charge in [-0.15, -0.1) is 0 Å². The van der Waals surface area contributed by atoms with Crippen LogP contribution in [0.5, 0.6) is 11.5 Å². The molecule has 0 aromatic heterocycles. The van der Waals surface area contributed by atoms with Gasteiger partial charge in [0.1, 0.15) is 17.3 Å². The predicted octanol–water partition coefficient (Wildman–Crippen LogP) is 3.29. The molecule has 1 unspecified atom stereocenters. The highest BCUT2D eigenvalue weighted by molar-refractivity contribution is 6.32. The number of nitrogens with zero attached hydrogens (tertiary/aromatic N) is 1. The number of methoxy groups -OCH3 is 1. The molecule has 26 heavy (non-hydrogen) atoms. The summed E-state index contributed by atoms with van der Waals surface area (Å²) < 4.78 is 23.6. The summed E-state index contributed by atoms with van der Waals surface area (Å²) >= 11 is 5.88. The molecule has 2 rings (SSSR count). The van der Waals surface area contributed by atoms with Gasteiger partial charge in [-0.3, -0.25) is 4.79 Å². The first-order chi connectivity index (χ1) is 12.4. The molecule has 7 heteroatoms. The highest BCUT2D eigenvalue weighted by Crippen LogP contribution is 2.25. The van der Waals surface area contributed by atoms with Crippen molar-refractivity contribution in [2.45, 2.75) is 6.04 Å². The minimum Gasteiger partial charge on any atom is -0.497 e. The van der Waals surface area contributed by atoms with Gasteiger partial charge in [-0.25, -0.2) is 4.39 Å². The number of hydrogen-bond donors (Lipinski definition) is 1. The highest BCUT2D eigenvalue weighted by atomic mass is 35.5. The van der Waals surface area contributed by atoms with Crippen LogP contribution in [0.15, 0.2) is 42.5 Å². The van der Waals surface area contributed by atoms with Crippen LogP contribution in [0.2, 0.25) is 5.02 Å². The number of ether oxygens (including phenoxy) is 2. The molecular weight excluding hydrogens is 359 g/mol. The molecule has 0 fully saturated rings. The second kappa shape index (κ2) is 9.40. The van der Waals surface area contributed by atoms with Crippen LogP contribution in [0.4, 0.5) is 4.39 Å². The minimum absolute atomic E-state index is 0.0246. The molecule has 0 aliphatic heterocycles. The van der Waals surface area contributed by atoms with E-state index >= 15 is 0 Å². The Balaban J connectivity index is 1.92. The Hall–Kier alpha value is -2.31. The summed E-state index contributed by atoms with van der Waals surface area (Å²) in [5, 5.41) is 2.96. The molecule has 1 N–H and O–H groups in total. The van der Waals surface area contributed by atoms with E-state index in [9.17, 15) is 9.18 Å². The topological polar surface area (TPSA) is 50.8 Å². The van der Waals surface area contributed by atoms with E-state index in [1.807, 2.05) is 43.3 Å². The number of benzene rings is 2. The Morgan fingerprint density at radius 3 is 2.69 bits per heavy atom. The van der Waals surface area contributed by atoms with Crippen molar-refractivity contribution < 1.29 is 18.7 Å². The van der Waals surface area contributed by atoms with Crippen LogP contribution in [-0.4, -0.2) is 45.2 Å². The fraction of sp³-hybridized carbons (Fsp3) is 0.316. The quantitative estimate of drug-likeness (QED) is 0.763. The average Bonchev–Trinajstić information content (AvgIpc) is 2.61. The molecule has 140 valence electrons. The van der Waals surface area contributed by atoms with Crippen LogP contribution >= 0.6 is 11.6 Å². The molecule has 0 aliphatic carbocycles. The van der Waals surface area contributed by atoms with Gasteiger partial charge < -0.3 is 19.7 Å². The van der Waals surface area contributed by atoms with Gasteiger partial charge in [-0.1, -0.05) is 23.7 Å². The molecule has 1 atom stereocenters. The van der Waals surface area contributed by atoms with Crippen LogP contribution in [-0.2, 0) is 4.79 Å². The molecule has 0 saturated heterocycles. The molecule has 1 amide bonds.